The van der Waals surface area contributed by atoms with Crippen LogP contribution in [-0.4, -0.2) is 49.1 Å². The van der Waals surface area contributed by atoms with E-state index in [1.807, 2.05) is 24.3 Å². The molecule has 0 aliphatic carbocycles. The van der Waals surface area contributed by atoms with Crippen molar-refractivity contribution in [2.75, 3.05) is 43.2 Å². The third-order valence-electron chi connectivity index (χ3n) is 4.67. The highest BCUT2D eigenvalue weighted by atomic mass is 16.7. The molecule has 0 unspecified atom stereocenters. The van der Waals surface area contributed by atoms with Gasteiger partial charge in [0.05, 0.1) is 18.3 Å². The fraction of sp³-hybridized carbons (Fsp3) is 0.421. The van der Waals surface area contributed by atoms with Crippen LogP contribution in [0.25, 0.3) is 0 Å². The maximum absolute atomic E-state index is 12.1. The molecule has 27 heavy (non-hydrogen) atoms. The van der Waals surface area contributed by atoms with Gasteiger partial charge in [0, 0.05) is 32.2 Å². The second-order valence-corrected chi connectivity index (χ2v) is 6.63. The van der Waals surface area contributed by atoms with Gasteiger partial charge in [0.25, 0.3) is 0 Å². The number of nitrogens with zero attached hydrogens (tertiary/aromatic N) is 3. The van der Waals surface area contributed by atoms with Gasteiger partial charge in [-0.1, -0.05) is 6.07 Å². The van der Waals surface area contributed by atoms with Crippen molar-refractivity contribution >= 4 is 17.4 Å². The molecule has 0 saturated carbocycles. The maximum atomic E-state index is 12.1. The molecule has 0 bridgehead atoms. The molecule has 2 N–H and O–H groups in total. The standard InChI is InChI=1S/C19H23N5O3/c25-19(10-14-3-4-16-17(9-14)27-13-26-16)21-6-5-20-18-11-15(12-22-23-18)24-7-1-2-8-24/h3-4,9,11-12H,1-2,5-8,10,13H2,(H,20,23)(H,21,25). The molecular weight excluding hydrogens is 346 g/mol. The molecule has 0 atom stereocenters. The monoisotopic (exact) mass is 369 g/mol. The third kappa shape index (κ3) is 4.39. The van der Waals surface area contributed by atoms with E-state index in [9.17, 15) is 4.79 Å². The number of benzene rings is 1. The highest BCUT2D eigenvalue weighted by molar-refractivity contribution is 5.78. The van der Waals surface area contributed by atoms with Crippen LogP contribution in [0.1, 0.15) is 18.4 Å². The zero-order valence-electron chi connectivity index (χ0n) is 15.1. The molecule has 3 heterocycles. The van der Waals surface area contributed by atoms with E-state index in [0.717, 1.165) is 35.9 Å². The third-order valence-corrected chi connectivity index (χ3v) is 4.67. The first-order chi connectivity index (χ1) is 13.3. The van der Waals surface area contributed by atoms with Crippen molar-refractivity contribution in [3.63, 3.8) is 0 Å². The van der Waals surface area contributed by atoms with Gasteiger partial charge >= 0.3 is 0 Å². The Bertz CT molecular complexity index is 808. The Hall–Kier alpha value is -3.03. The van der Waals surface area contributed by atoms with Crippen molar-refractivity contribution < 1.29 is 14.3 Å². The molecule has 0 spiro atoms. The molecule has 1 aromatic carbocycles. The van der Waals surface area contributed by atoms with E-state index in [4.69, 9.17) is 9.47 Å². The van der Waals surface area contributed by atoms with E-state index < -0.39 is 0 Å². The van der Waals surface area contributed by atoms with Crippen LogP contribution >= 0.6 is 0 Å². The number of fused-ring (bicyclic) bond motifs is 1. The largest absolute Gasteiger partial charge is 0.454 e. The van der Waals surface area contributed by atoms with E-state index in [0.29, 0.717) is 25.3 Å². The minimum atomic E-state index is -0.0347. The molecule has 2 aromatic rings. The summed E-state index contributed by atoms with van der Waals surface area (Å²) >= 11 is 0. The second-order valence-electron chi connectivity index (χ2n) is 6.63. The fourth-order valence-corrected chi connectivity index (χ4v) is 3.28. The van der Waals surface area contributed by atoms with Crippen LogP contribution in [0.5, 0.6) is 11.5 Å². The van der Waals surface area contributed by atoms with Gasteiger partial charge in [0.15, 0.2) is 17.3 Å². The molecule has 1 amide bonds. The smallest absolute Gasteiger partial charge is 0.231 e. The van der Waals surface area contributed by atoms with Gasteiger partial charge in [-0.15, -0.1) is 5.10 Å². The lowest BCUT2D eigenvalue weighted by Crippen LogP contribution is -2.30. The predicted molar refractivity (Wildman–Crippen MR) is 101 cm³/mol. The Morgan fingerprint density at radius 3 is 2.85 bits per heavy atom. The van der Waals surface area contributed by atoms with Crippen LogP contribution in [0.4, 0.5) is 11.5 Å². The number of hydrogen-bond donors (Lipinski definition) is 2. The number of hydrogen-bond acceptors (Lipinski definition) is 7. The van der Waals surface area contributed by atoms with Crippen LogP contribution in [0.15, 0.2) is 30.5 Å². The minimum Gasteiger partial charge on any atom is -0.454 e. The lowest BCUT2D eigenvalue weighted by molar-refractivity contribution is -0.120. The topological polar surface area (TPSA) is 88.6 Å². The first-order valence-electron chi connectivity index (χ1n) is 9.25. The number of carbonyl (C=O) groups is 1. The summed E-state index contributed by atoms with van der Waals surface area (Å²) in [4.78, 5) is 14.4. The minimum absolute atomic E-state index is 0.0347. The molecule has 4 rings (SSSR count). The first kappa shape index (κ1) is 17.4. The Kier molecular flexibility index (Phi) is 5.22. The summed E-state index contributed by atoms with van der Waals surface area (Å²) in [6.45, 7) is 3.48. The van der Waals surface area contributed by atoms with Gasteiger partial charge in [-0.25, -0.2) is 0 Å². The molecular formula is C19H23N5O3. The molecule has 142 valence electrons. The van der Waals surface area contributed by atoms with Gasteiger partial charge in [-0.05, 0) is 30.5 Å². The summed E-state index contributed by atoms with van der Waals surface area (Å²) in [6, 6.07) is 7.57. The first-order valence-corrected chi connectivity index (χ1v) is 9.25. The lowest BCUT2D eigenvalue weighted by Gasteiger charge is -2.17. The molecule has 2 aliphatic heterocycles. The summed E-state index contributed by atoms with van der Waals surface area (Å²) in [5, 5.41) is 14.3. The second kappa shape index (κ2) is 8.11. The quantitative estimate of drug-likeness (QED) is 0.716. The number of aromatic nitrogens is 2. The van der Waals surface area contributed by atoms with Gasteiger partial charge in [0.1, 0.15) is 0 Å². The summed E-state index contributed by atoms with van der Waals surface area (Å²) in [5.74, 6) is 2.11. The lowest BCUT2D eigenvalue weighted by atomic mass is 10.1. The number of amides is 1. The maximum Gasteiger partial charge on any atom is 0.231 e. The van der Waals surface area contributed by atoms with Gasteiger partial charge in [0.2, 0.25) is 12.7 Å². The summed E-state index contributed by atoms with van der Waals surface area (Å²) in [5.41, 5.74) is 1.99. The van der Waals surface area contributed by atoms with Crippen LogP contribution in [0, 0.1) is 0 Å². The average Bonchev–Trinajstić information content (AvgIpc) is 3.37. The molecule has 0 radical (unpaired) electrons. The van der Waals surface area contributed by atoms with E-state index in [1.54, 1.807) is 6.20 Å². The van der Waals surface area contributed by atoms with Crippen LogP contribution in [-0.2, 0) is 11.2 Å². The van der Waals surface area contributed by atoms with Gasteiger partial charge < -0.3 is 25.0 Å². The van der Waals surface area contributed by atoms with Crippen molar-refractivity contribution in [3.05, 3.63) is 36.0 Å². The Morgan fingerprint density at radius 1 is 1.11 bits per heavy atom. The highest BCUT2D eigenvalue weighted by Gasteiger charge is 2.15. The normalized spacial score (nSPS) is 15.0. The van der Waals surface area contributed by atoms with Crippen LogP contribution in [0.3, 0.4) is 0 Å². The highest BCUT2D eigenvalue weighted by Crippen LogP contribution is 2.32. The van der Waals surface area contributed by atoms with Crippen molar-refractivity contribution in [3.8, 4) is 11.5 Å². The SMILES string of the molecule is O=C(Cc1ccc2c(c1)OCO2)NCCNc1cc(N2CCCC2)cnn1. The summed E-state index contributed by atoms with van der Waals surface area (Å²) in [6.07, 6.45) is 4.55. The number of ether oxygens (including phenoxy) is 2. The number of anilines is 2. The van der Waals surface area contributed by atoms with Gasteiger partial charge in [-0.2, -0.15) is 5.10 Å². The van der Waals surface area contributed by atoms with Gasteiger partial charge in [-0.3, -0.25) is 4.79 Å². The number of carbonyl (C=O) groups excluding carboxylic acids is 1. The molecule has 1 aromatic heterocycles. The molecule has 8 heteroatoms. The van der Waals surface area contributed by atoms with E-state index in [1.165, 1.54) is 12.8 Å². The zero-order chi connectivity index (χ0) is 18.5. The summed E-state index contributed by atoms with van der Waals surface area (Å²) in [7, 11) is 0. The van der Waals surface area contributed by atoms with Crippen molar-refractivity contribution in [1.82, 2.24) is 15.5 Å². The van der Waals surface area contributed by atoms with E-state index >= 15 is 0 Å². The zero-order valence-corrected chi connectivity index (χ0v) is 15.1. The Morgan fingerprint density at radius 2 is 1.96 bits per heavy atom. The predicted octanol–water partition coefficient (Wildman–Crippen LogP) is 1.58. The molecule has 1 fully saturated rings. The Balaban J connectivity index is 1.21. The average molecular weight is 369 g/mol. The van der Waals surface area contributed by atoms with Crippen LogP contribution in [0.2, 0.25) is 0 Å². The van der Waals surface area contributed by atoms with Crippen LogP contribution < -0.4 is 25.0 Å². The van der Waals surface area contributed by atoms with Crippen molar-refractivity contribution in [2.45, 2.75) is 19.3 Å². The molecule has 2 aliphatic rings. The van der Waals surface area contributed by atoms with Crippen molar-refractivity contribution in [2.24, 2.45) is 0 Å². The summed E-state index contributed by atoms with van der Waals surface area (Å²) < 4.78 is 10.6. The van der Waals surface area contributed by atoms with E-state index in [-0.39, 0.29) is 12.7 Å². The fourth-order valence-electron chi connectivity index (χ4n) is 3.28. The number of nitrogens with one attached hydrogen (secondary N) is 2. The number of rotatable bonds is 7. The van der Waals surface area contributed by atoms with Crippen molar-refractivity contribution in [1.29, 1.82) is 0 Å². The molecule has 1 saturated heterocycles. The molecule has 8 nitrogen and oxygen atoms in total. The Labute approximate surface area is 157 Å². The van der Waals surface area contributed by atoms with E-state index in [2.05, 4.69) is 25.7 Å².